The van der Waals surface area contributed by atoms with Gasteiger partial charge in [0, 0.05) is 18.2 Å². The Kier molecular flexibility index (Phi) is 7.33. The Hall–Kier alpha value is -3.36. The van der Waals surface area contributed by atoms with Gasteiger partial charge in [0.05, 0.1) is 5.70 Å². The van der Waals surface area contributed by atoms with Crippen molar-refractivity contribution in [2.75, 3.05) is 7.05 Å². The molecule has 2 aromatic rings. The predicted molar refractivity (Wildman–Crippen MR) is 109 cm³/mol. The van der Waals surface area contributed by atoms with Gasteiger partial charge in [-0.1, -0.05) is 43.0 Å². The van der Waals surface area contributed by atoms with E-state index >= 15 is 0 Å². The van der Waals surface area contributed by atoms with Crippen LogP contribution in [0.2, 0.25) is 0 Å². The highest BCUT2D eigenvalue weighted by molar-refractivity contribution is 5.97. The molecule has 0 aliphatic carbocycles. The van der Waals surface area contributed by atoms with E-state index in [0.717, 1.165) is 16.0 Å². The van der Waals surface area contributed by atoms with E-state index in [2.05, 4.69) is 11.6 Å². The summed E-state index contributed by atoms with van der Waals surface area (Å²) in [4.78, 5) is 16.6. The number of hydrogen-bond donors (Lipinski definition) is 0. The summed E-state index contributed by atoms with van der Waals surface area (Å²) < 4.78 is 78.8. The number of benzene rings is 1. The number of aryl methyl sites for hydroxylation is 1. The van der Waals surface area contributed by atoms with Gasteiger partial charge in [0.2, 0.25) is 0 Å². The summed E-state index contributed by atoms with van der Waals surface area (Å²) in [7, 11) is 1.25. The van der Waals surface area contributed by atoms with Crippen LogP contribution < -0.4 is 0 Å². The number of aromatic nitrogens is 1. The Morgan fingerprint density at radius 3 is 2.00 bits per heavy atom. The van der Waals surface area contributed by atoms with Crippen LogP contribution in [0.3, 0.4) is 0 Å². The minimum absolute atomic E-state index is 0.210. The molecule has 32 heavy (non-hydrogen) atoms. The van der Waals surface area contributed by atoms with E-state index in [4.69, 9.17) is 0 Å². The Balaban J connectivity index is 2.69. The van der Waals surface area contributed by atoms with Crippen LogP contribution in [-0.4, -0.2) is 22.8 Å². The smallest absolute Gasteiger partial charge is 0.311 e. The number of hydrogen-bond acceptors (Lipinski definition) is 2. The van der Waals surface area contributed by atoms with Crippen molar-refractivity contribution < 1.29 is 31.1 Å². The Morgan fingerprint density at radius 2 is 1.56 bits per heavy atom. The van der Waals surface area contributed by atoms with Crippen LogP contribution in [0.15, 0.2) is 66.9 Å². The van der Waals surface area contributed by atoms with Gasteiger partial charge in [-0.2, -0.15) is 26.3 Å². The van der Waals surface area contributed by atoms with E-state index in [1.54, 1.807) is 31.2 Å². The Bertz CT molecular complexity index is 1050. The monoisotopic (exact) mass is 454 g/mol. The minimum atomic E-state index is -5.16. The normalized spacial score (nSPS) is 13.2. The molecule has 3 nitrogen and oxygen atoms in total. The number of allylic oxidation sites excluding steroid dienone is 4. The van der Waals surface area contributed by atoms with Gasteiger partial charge in [0.1, 0.15) is 11.4 Å². The van der Waals surface area contributed by atoms with Crippen LogP contribution in [0.5, 0.6) is 0 Å². The second-order valence-electron chi connectivity index (χ2n) is 6.80. The van der Waals surface area contributed by atoms with E-state index in [1.807, 2.05) is 19.1 Å². The molecule has 0 unspecified atom stereocenters. The van der Waals surface area contributed by atoms with Crippen LogP contribution in [-0.2, 0) is 12.4 Å². The molecule has 0 N–H and O–H groups in total. The lowest BCUT2D eigenvalue weighted by molar-refractivity contribution is -0.150. The molecule has 1 aromatic carbocycles. The van der Waals surface area contributed by atoms with Crippen LogP contribution in [0.25, 0.3) is 5.57 Å². The third-order valence-electron chi connectivity index (χ3n) is 4.56. The van der Waals surface area contributed by atoms with Crippen molar-refractivity contribution in [3.05, 3.63) is 95.0 Å². The fourth-order valence-electron chi connectivity index (χ4n) is 3.03. The summed E-state index contributed by atoms with van der Waals surface area (Å²) in [6.45, 7) is 7.23. The third kappa shape index (κ3) is 5.46. The first-order chi connectivity index (χ1) is 14.8. The highest BCUT2D eigenvalue weighted by Crippen LogP contribution is 2.34. The number of likely N-dealkylation sites (N-methyl/N-ethyl adjacent to an activating group) is 1. The first-order valence-electron chi connectivity index (χ1n) is 9.31. The van der Waals surface area contributed by atoms with E-state index in [9.17, 15) is 31.1 Å². The highest BCUT2D eigenvalue weighted by atomic mass is 19.4. The van der Waals surface area contributed by atoms with Gasteiger partial charge in [-0.25, -0.2) is 4.98 Å². The number of halogens is 6. The lowest BCUT2D eigenvalue weighted by Gasteiger charge is -2.23. The summed E-state index contributed by atoms with van der Waals surface area (Å²) in [6, 6.07) is 7.79. The van der Waals surface area contributed by atoms with Gasteiger partial charge in [0.15, 0.2) is 0 Å². The molecule has 0 saturated carbocycles. The minimum Gasteiger partial charge on any atom is -0.311 e. The van der Waals surface area contributed by atoms with Crippen molar-refractivity contribution >= 4 is 11.5 Å². The molecule has 2 rings (SSSR count). The van der Waals surface area contributed by atoms with Crippen LogP contribution in [0, 0.1) is 6.92 Å². The molecule has 1 heterocycles. The van der Waals surface area contributed by atoms with Gasteiger partial charge in [-0.3, -0.25) is 4.79 Å². The molecule has 0 fully saturated rings. The SMILES string of the molecule is C=C/C(=C(\C=C/C)c1ccccc1C)N(C)C(=O)c1cc(C(F)(F)F)nc(C(F)(F)F)c1. The molecule has 0 saturated heterocycles. The molecule has 0 radical (unpaired) electrons. The fraction of sp³-hybridized carbons (Fsp3) is 0.217. The predicted octanol–water partition coefficient (Wildman–Crippen LogP) is 6.67. The molecule has 0 spiro atoms. The van der Waals surface area contributed by atoms with Crippen molar-refractivity contribution in [2.45, 2.75) is 26.2 Å². The van der Waals surface area contributed by atoms with Gasteiger partial charge >= 0.3 is 12.4 Å². The average Bonchev–Trinajstić information content (AvgIpc) is 2.72. The number of carbonyl (C=O) groups excluding carboxylic acids is 1. The number of pyridine rings is 1. The summed E-state index contributed by atoms with van der Waals surface area (Å²) in [5.41, 5.74) is -2.10. The van der Waals surface area contributed by atoms with Crippen molar-refractivity contribution in [3.63, 3.8) is 0 Å². The van der Waals surface area contributed by atoms with E-state index < -0.39 is 35.2 Å². The molecular weight excluding hydrogens is 434 g/mol. The fourth-order valence-corrected chi connectivity index (χ4v) is 3.03. The van der Waals surface area contributed by atoms with Gasteiger partial charge < -0.3 is 4.90 Å². The zero-order chi connectivity index (χ0) is 24.3. The van der Waals surface area contributed by atoms with E-state index in [1.165, 1.54) is 13.1 Å². The second kappa shape index (κ2) is 9.42. The first kappa shape index (κ1) is 24.9. The van der Waals surface area contributed by atoms with Crippen LogP contribution >= 0.6 is 0 Å². The average molecular weight is 454 g/mol. The molecule has 0 bridgehead atoms. The molecule has 0 aliphatic rings. The quantitative estimate of drug-likeness (QED) is 0.373. The summed E-state index contributed by atoms with van der Waals surface area (Å²) >= 11 is 0. The zero-order valence-corrected chi connectivity index (χ0v) is 17.5. The van der Waals surface area contributed by atoms with Crippen LogP contribution in [0.4, 0.5) is 26.3 Å². The molecule has 0 aliphatic heterocycles. The molecule has 9 heteroatoms. The van der Waals surface area contributed by atoms with E-state index in [0.29, 0.717) is 17.7 Å². The van der Waals surface area contributed by atoms with E-state index in [-0.39, 0.29) is 5.70 Å². The molecule has 170 valence electrons. The Labute approximate surface area is 181 Å². The maximum Gasteiger partial charge on any atom is 0.433 e. The number of amides is 1. The van der Waals surface area contributed by atoms with Gasteiger partial charge in [-0.05, 0) is 43.2 Å². The molecular formula is C23H20F6N2O. The van der Waals surface area contributed by atoms with Crippen molar-refractivity contribution in [3.8, 4) is 0 Å². The summed E-state index contributed by atoms with van der Waals surface area (Å²) in [6.07, 6.45) is -5.64. The largest absolute Gasteiger partial charge is 0.433 e. The summed E-state index contributed by atoms with van der Waals surface area (Å²) in [5, 5.41) is 0. The third-order valence-corrected chi connectivity index (χ3v) is 4.56. The number of alkyl halides is 6. The highest BCUT2D eigenvalue weighted by Gasteiger charge is 2.39. The first-order valence-corrected chi connectivity index (χ1v) is 9.31. The number of carbonyl (C=O) groups is 1. The molecule has 1 aromatic heterocycles. The van der Waals surface area contributed by atoms with Gasteiger partial charge in [-0.15, -0.1) is 0 Å². The molecule has 0 atom stereocenters. The second-order valence-corrected chi connectivity index (χ2v) is 6.80. The lowest BCUT2D eigenvalue weighted by Crippen LogP contribution is -2.27. The van der Waals surface area contributed by atoms with Crippen molar-refractivity contribution in [2.24, 2.45) is 0 Å². The Morgan fingerprint density at radius 1 is 1.03 bits per heavy atom. The van der Waals surface area contributed by atoms with Crippen molar-refractivity contribution in [1.82, 2.24) is 9.88 Å². The number of nitrogens with zero attached hydrogens (tertiary/aromatic N) is 2. The lowest BCUT2D eigenvalue weighted by atomic mass is 9.97. The maximum atomic E-state index is 13.1. The maximum absolute atomic E-state index is 13.1. The zero-order valence-electron chi connectivity index (χ0n) is 17.5. The summed E-state index contributed by atoms with van der Waals surface area (Å²) in [5.74, 6) is -1.08. The van der Waals surface area contributed by atoms with Gasteiger partial charge in [0.25, 0.3) is 5.91 Å². The van der Waals surface area contributed by atoms with Crippen molar-refractivity contribution in [1.29, 1.82) is 0 Å². The number of rotatable bonds is 5. The van der Waals surface area contributed by atoms with Crippen LogP contribution in [0.1, 0.15) is 39.8 Å². The molecule has 1 amide bonds. The topological polar surface area (TPSA) is 33.2 Å². The standard InChI is InChI=1S/C23H20F6N2O/c1-5-9-17(16-11-8-7-10-14(16)3)18(6-2)31(4)21(32)15-12-19(22(24,25)26)30-20(13-15)23(27,28)29/h5-13H,2H2,1,3-4H3/b9-5-,18-17-.